The Balaban J connectivity index is 1.28. The van der Waals surface area contributed by atoms with Crippen LogP contribution in [0.2, 0.25) is 0 Å². The smallest absolute Gasteiger partial charge is 0.169 e. The summed E-state index contributed by atoms with van der Waals surface area (Å²) in [6.07, 6.45) is 0. The lowest BCUT2D eigenvalue weighted by atomic mass is 9.96. The van der Waals surface area contributed by atoms with Gasteiger partial charge in [-0.2, -0.15) is 0 Å². The van der Waals surface area contributed by atoms with E-state index in [0.717, 1.165) is 32.4 Å². The second-order valence-corrected chi connectivity index (χ2v) is 11.0. The van der Waals surface area contributed by atoms with E-state index in [-0.39, 0.29) is 0 Å². The Morgan fingerprint density at radius 2 is 1.05 bits per heavy atom. The van der Waals surface area contributed by atoms with Crippen molar-refractivity contribution < 1.29 is 0 Å². The second-order valence-electron chi connectivity index (χ2n) is 10.1. The molecular formula is C36H22BrN3. The van der Waals surface area contributed by atoms with Crippen LogP contribution in [0.4, 0.5) is 0 Å². The van der Waals surface area contributed by atoms with Crippen molar-refractivity contribution in [3.8, 4) is 33.6 Å². The van der Waals surface area contributed by atoms with E-state index >= 15 is 0 Å². The molecule has 0 saturated carbocycles. The fraction of sp³-hybridized carbons (Fsp3) is 0. The van der Waals surface area contributed by atoms with Gasteiger partial charge in [0.05, 0.1) is 5.52 Å². The number of rotatable bonds is 3. The van der Waals surface area contributed by atoms with E-state index in [0.29, 0.717) is 0 Å². The molecule has 0 spiro atoms. The number of halogens is 1. The van der Waals surface area contributed by atoms with E-state index in [4.69, 9.17) is 0 Å². The number of fused-ring (bicyclic) bond motifs is 7. The molecule has 8 rings (SSSR count). The number of benzene rings is 6. The van der Waals surface area contributed by atoms with E-state index in [1.54, 1.807) is 0 Å². The summed E-state index contributed by atoms with van der Waals surface area (Å²) in [6.45, 7) is 0. The molecule has 8 aromatic rings. The van der Waals surface area contributed by atoms with Crippen LogP contribution >= 0.6 is 15.9 Å². The van der Waals surface area contributed by atoms with Gasteiger partial charge in [0.25, 0.3) is 0 Å². The number of aromatic nitrogens is 3. The van der Waals surface area contributed by atoms with Crippen molar-refractivity contribution in [2.75, 3.05) is 0 Å². The van der Waals surface area contributed by atoms with Crippen LogP contribution < -0.4 is 0 Å². The fourth-order valence-corrected chi connectivity index (χ4v) is 6.00. The molecule has 2 heterocycles. The molecular weight excluding hydrogens is 554 g/mol. The zero-order chi connectivity index (χ0) is 26.6. The van der Waals surface area contributed by atoms with Crippen LogP contribution in [0.5, 0.6) is 0 Å². The minimum Gasteiger partial charge on any atom is -0.274 e. The highest BCUT2D eigenvalue weighted by Gasteiger charge is 2.16. The van der Waals surface area contributed by atoms with Crippen LogP contribution in [0.1, 0.15) is 0 Å². The Labute approximate surface area is 239 Å². The first kappa shape index (κ1) is 23.1. The summed E-state index contributed by atoms with van der Waals surface area (Å²) < 4.78 is 3.23. The third-order valence-electron chi connectivity index (χ3n) is 7.76. The zero-order valence-electron chi connectivity index (χ0n) is 21.4. The van der Waals surface area contributed by atoms with Gasteiger partial charge in [0.15, 0.2) is 11.5 Å². The topological polar surface area (TPSA) is 30.2 Å². The maximum Gasteiger partial charge on any atom is 0.169 e. The van der Waals surface area contributed by atoms with E-state index in [9.17, 15) is 0 Å². The standard InChI is InChI=1S/C36H22BrN3/c37-30-18-15-26(16-19-30)35-38-39-36-32-8-4-3-7-31(32)33-22-29(17-20-34(33)40(35)36)25-11-9-24(10-12-25)28-14-13-23-5-1-2-6-27(23)21-28/h1-22H. The Bertz CT molecular complexity index is 2210. The molecule has 4 heteroatoms. The summed E-state index contributed by atoms with van der Waals surface area (Å²) in [6, 6.07) is 47.4. The maximum absolute atomic E-state index is 4.63. The van der Waals surface area contributed by atoms with E-state index in [2.05, 4.69) is 152 Å². The first-order valence-corrected chi connectivity index (χ1v) is 14.1. The summed E-state index contributed by atoms with van der Waals surface area (Å²) in [5.41, 5.74) is 7.80. The quantitative estimate of drug-likeness (QED) is 0.196. The van der Waals surface area contributed by atoms with Gasteiger partial charge in [0.1, 0.15) is 0 Å². The van der Waals surface area contributed by atoms with E-state index in [1.807, 2.05) is 12.1 Å². The summed E-state index contributed by atoms with van der Waals surface area (Å²) in [5.74, 6) is 0.839. The number of hydrogen-bond acceptors (Lipinski definition) is 2. The van der Waals surface area contributed by atoms with Crippen molar-refractivity contribution in [1.82, 2.24) is 14.6 Å². The largest absolute Gasteiger partial charge is 0.274 e. The van der Waals surface area contributed by atoms with Crippen LogP contribution in [-0.2, 0) is 0 Å². The summed E-state index contributed by atoms with van der Waals surface area (Å²) in [7, 11) is 0. The molecule has 40 heavy (non-hydrogen) atoms. The van der Waals surface area contributed by atoms with Gasteiger partial charge >= 0.3 is 0 Å². The van der Waals surface area contributed by atoms with Crippen molar-refractivity contribution in [2.45, 2.75) is 0 Å². The number of pyridine rings is 1. The molecule has 0 radical (unpaired) electrons. The highest BCUT2D eigenvalue weighted by atomic mass is 79.9. The van der Waals surface area contributed by atoms with Crippen LogP contribution in [0.3, 0.4) is 0 Å². The minimum atomic E-state index is 0.839. The first-order valence-electron chi connectivity index (χ1n) is 13.3. The third kappa shape index (κ3) is 3.72. The van der Waals surface area contributed by atoms with Crippen molar-refractivity contribution in [2.24, 2.45) is 0 Å². The lowest BCUT2D eigenvalue weighted by Gasteiger charge is -2.12. The fourth-order valence-electron chi connectivity index (χ4n) is 5.74. The Morgan fingerprint density at radius 3 is 1.82 bits per heavy atom. The summed E-state index contributed by atoms with van der Waals surface area (Å²) in [5, 5.41) is 15.2. The predicted molar refractivity (Wildman–Crippen MR) is 170 cm³/mol. The number of hydrogen-bond donors (Lipinski definition) is 0. The van der Waals surface area contributed by atoms with Crippen molar-refractivity contribution in [3.63, 3.8) is 0 Å². The summed E-state index contributed by atoms with van der Waals surface area (Å²) in [4.78, 5) is 0. The van der Waals surface area contributed by atoms with Gasteiger partial charge in [0, 0.05) is 20.8 Å². The predicted octanol–water partition coefficient (Wildman–Crippen LogP) is 9.95. The van der Waals surface area contributed by atoms with E-state index in [1.165, 1.54) is 43.8 Å². The van der Waals surface area contributed by atoms with Gasteiger partial charge in [0.2, 0.25) is 0 Å². The second kappa shape index (κ2) is 9.15. The molecule has 0 fully saturated rings. The molecule has 0 aliphatic heterocycles. The normalized spacial score (nSPS) is 11.6. The molecule has 0 saturated heterocycles. The van der Waals surface area contributed by atoms with Crippen LogP contribution in [0.25, 0.3) is 71.7 Å². The lowest BCUT2D eigenvalue weighted by molar-refractivity contribution is 1.12. The molecule has 0 atom stereocenters. The molecule has 3 nitrogen and oxygen atoms in total. The number of nitrogens with zero attached hydrogens (tertiary/aromatic N) is 3. The van der Waals surface area contributed by atoms with Gasteiger partial charge in [-0.1, -0.05) is 119 Å². The molecule has 0 amide bonds. The van der Waals surface area contributed by atoms with Crippen molar-refractivity contribution in [3.05, 3.63) is 138 Å². The minimum absolute atomic E-state index is 0.839. The molecule has 2 aromatic heterocycles. The molecule has 0 bridgehead atoms. The molecule has 6 aromatic carbocycles. The third-order valence-corrected chi connectivity index (χ3v) is 8.29. The Kier molecular flexibility index (Phi) is 5.29. The molecule has 0 unspecified atom stereocenters. The van der Waals surface area contributed by atoms with Gasteiger partial charge in [-0.05, 0) is 68.7 Å². The molecule has 0 N–H and O–H groups in total. The van der Waals surface area contributed by atoms with Crippen molar-refractivity contribution in [1.29, 1.82) is 0 Å². The zero-order valence-corrected chi connectivity index (χ0v) is 23.0. The Hall–Kier alpha value is -4.80. The van der Waals surface area contributed by atoms with Crippen LogP contribution in [0.15, 0.2) is 138 Å². The SMILES string of the molecule is Brc1ccc(-c2nnc3c4ccccc4c4cc(-c5ccc(-c6ccc7ccccc7c6)cc5)ccc4n23)cc1. The molecule has 0 aliphatic rings. The molecule has 188 valence electrons. The highest BCUT2D eigenvalue weighted by Crippen LogP contribution is 2.35. The van der Waals surface area contributed by atoms with Crippen LogP contribution in [0, 0.1) is 0 Å². The van der Waals surface area contributed by atoms with Gasteiger partial charge in [-0.25, -0.2) is 0 Å². The molecule has 0 aliphatic carbocycles. The summed E-state index contributed by atoms with van der Waals surface area (Å²) >= 11 is 3.55. The average Bonchev–Trinajstić information content (AvgIpc) is 3.47. The van der Waals surface area contributed by atoms with Gasteiger partial charge in [-0.3, -0.25) is 4.40 Å². The first-order chi connectivity index (χ1) is 19.7. The van der Waals surface area contributed by atoms with Gasteiger partial charge in [-0.15, -0.1) is 10.2 Å². The van der Waals surface area contributed by atoms with E-state index < -0.39 is 0 Å². The monoisotopic (exact) mass is 575 g/mol. The Morgan fingerprint density at radius 1 is 0.450 bits per heavy atom. The van der Waals surface area contributed by atoms with Crippen molar-refractivity contribution >= 4 is 54.0 Å². The lowest BCUT2D eigenvalue weighted by Crippen LogP contribution is -1.95. The van der Waals surface area contributed by atoms with Crippen LogP contribution in [-0.4, -0.2) is 14.6 Å². The highest BCUT2D eigenvalue weighted by molar-refractivity contribution is 9.10. The maximum atomic E-state index is 4.63. The van der Waals surface area contributed by atoms with Gasteiger partial charge < -0.3 is 0 Å². The average molecular weight is 576 g/mol.